The van der Waals surface area contributed by atoms with Crippen LogP contribution in [0.4, 0.5) is 0 Å². The molecule has 0 unspecified atom stereocenters. The van der Waals surface area contributed by atoms with E-state index in [4.69, 9.17) is 14.6 Å². The Morgan fingerprint density at radius 2 is 2.11 bits per heavy atom. The van der Waals surface area contributed by atoms with Crippen molar-refractivity contribution in [2.24, 2.45) is 5.41 Å². The van der Waals surface area contributed by atoms with Gasteiger partial charge in [0.2, 0.25) is 0 Å². The van der Waals surface area contributed by atoms with Gasteiger partial charge in [-0.3, -0.25) is 4.79 Å². The van der Waals surface area contributed by atoms with Gasteiger partial charge in [-0.2, -0.15) is 0 Å². The number of carboxylic acid groups (broad SMARTS) is 1. The summed E-state index contributed by atoms with van der Waals surface area (Å²) in [6.45, 7) is 4.24. The Morgan fingerprint density at radius 3 is 2.58 bits per heavy atom. The zero-order valence-electron chi connectivity index (χ0n) is 11.0. The molecule has 1 saturated heterocycles. The van der Waals surface area contributed by atoms with Crippen LogP contribution >= 0.6 is 0 Å². The topological polar surface area (TPSA) is 67.8 Å². The van der Waals surface area contributed by atoms with Gasteiger partial charge in [-0.05, 0) is 24.6 Å². The maximum absolute atomic E-state index is 11.1. The van der Waals surface area contributed by atoms with Crippen LogP contribution in [0.1, 0.15) is 12.5 Å². The number of hydrogen-bond acceptors (Lipinski definition) is 4. The third-order valence-electron chi connectivity index (χ3n) is 3.24. The van der Waals surface area contributed by atoms with Gasteiger partial charge in [0.15, 0.2) is 0 Å². The summed E-state index contributed by atoms with van der Waals surface area (Å²) in [7, 11) is 0. The lowest BCUT2D eigenvalue weighted by molar-refractivity contribution is -0.178. The molecule has 1 fully saturated rings. The van der Waals surface area contributed by atoms with E-state index < -0.39 is 11.4 Å². The van der Waals surface area contributed by atoms with Crippen LogP contribution in [0, 0.1) is 5.41 Å². The number of carbonyl (C=O) groups is 1. The normalized spacial score (nSPS) is 16.7. The molecule has 1 aromatic carbocycles. The van der Waals surface area contributed by atoms with Gasteiger partial charge in [0, 0.05) is 13.1 Å². The SMILES string of the molecule is CCOc1ccc(CNCC2(C(=O)O)COC2)cc1. The van der Waals surface area contributed by atoms with Gasteiger partial charge in [0.05, 0.1) is 19.8 Å². The third-order valence-corrected chi connectivity index (χ3v) is 3.24. The Hall–Kier alpha value is -1.59. The van der Waals surface area contributed by atoms with E-state index >= 15 is 0 Å². The van der Waals surface area contributed by atoms with Crippen molar-refractivity contribution in [1.29, 1.82) is 0 Å². The first-order chi connectivity index (χ1) is 9.16. The smallest absolute Gasteiger partial charge is 0.315 e. The number of carboxylic acids is 1. The number of aliphatic carboxylic acids is 1. The second-order valence-electron chi connectivity index (χ2n) is 4.76. The van der Waals surface area contributed by atoms with Crippen LogP contribution in [-0.2, 0) is 16.1 Å². The highest BCUT2D eigenvalue weighted by Gasteiger charge is 2.45. The van der Waals surface area contributed by atoms with E-state index in [1.54, 1.807) is 0 Å². The number of ether oxygens (including phenoxy) is 2. The van der Waals surface area contributed by atoms with E-state index in [2.05, 4.69) is 5.32 Å². The van der Waals surface area contributed by atoms with Crippen molar-refractivity contribution >= 4 is 5.97 Å². The highest BCUT2D eigenvalue weighted by Crippen LogP contribution is 2.26. The zero-order chi connectivity index (χ0) is 13.7. The maximum atomic E-state index is 11.1. The van der Waals surface area contributed by atoms with Crippen molar-refractivity contribution < 1.29 is 19.4 Å². The zero-order valence-corrected chi connectivity index (χ0v) is 11.0. The Labute approximate surface area is 112 Å². The first-order valence-corrected chi connectivity index (χ1v) is 6.40. The molecule has 0 bridgehead atoms. The van der Waals surface area contributed by atoms with Crippen LogP contribution in [0.2, 0.25) is 0 Å². The van der Waals surface area contributed by atoms with Gasteiger partial charge in [-0.15, -0.1) is 0 Å². The predicted octanol–water partition coefficient (Wildman–Crippen LogP) is 1.28. The average Bonchev–Trinajstić information content (AvgIpc) is 2.34. The summed E-state index contributed by atoms with van der Waals surface area (Å²) in [5.41, 5.74) is 0.356. The van der Waals surface area contributed by atoms with Crippen LogP contribution in [0.3, 0.4) is 0 Å². The Balaban J connectivity index is 1.80. The largest absolute Gasteiger partial charge is 0.494 e. The summed E-state index contributed by atoms with van der Waals surface area (Å²) in [5.74, 6) is 0.0543. The molecule has 0 aromatic heterocycles. The summed E-state index contributed by atoms with van der Waals surface area (Å²) in [6.07, 6.45) is 0. The van der Waals surface area contributed by atoms with Gasteiger partial charge in [0.25, 0.3) is 0 Å². The lowest BCUT2D eigenvalue weighted by Gasteiger charge is -2.37. The van der Waals surface area contributed by atoms with E-state index in [0.29, 0.717) is 32.9 Å². The van der Waals surface area contributed by atoms with E-state index in [-0.39, 0.29) is 0 Å². The molecule has 2 N–H and O–H groups in total. The molecule has 19 heavy (non-hydrogen) atoms. The molecule has 1 aromatic rings. The Kier molecular flexibility index (Phi) is 4.39. The van der Waals surface area contributed by atoms with Crippen LogP contribution in [-0.4, -0.2) is 37.4 Å². The van der Waals surface area contributed by atoms with E-state index in [9.17, 15) is 4.79 Å². The fraction of sp³-hybridized carbons (Fsp3) is 0.500. The Morgan fingerprint density at radius 1 is 1.42 bits per heavy atom. The van der Waals surface area contributed by atoms with Crippen molar-refractivity contribution in [3.8, 4) is 5.75 Å². The standard InChI is InChI=1S/C14H19NO4/c1-2-19-12-5-3-11(4-6-12)7-15-8-14(13(16)17)9-18-10-14/h3-6,15H,2,7-10H2,1H3,(H,16,17). The molecular weight excluding hydrogens is 246 g/mol. The molecule has 0 amide bonds. The molecule has 5 nitrogen and oxygen atoms in total. The lowest BCUT2D eigenvalue weighted by atomic mass is 9.86. The number of hydrogen-bond donors (Lipinski definition) is 2. The highest BCUT2D eigenvalue weighted by molar-refractivity contribution is 5.76. The second kappa shape index (κ2) is 6.04. The molecular formula is C14H19NO4. The van der Waals surface area contributed by atoms with Crippen molar-refractivity contribution in [3.05, 3.63) is 29.8 Å². The van der Waals surface area contributed by atoms with Gasteiger partial charge in [-0.1, -0.05) is 12.1 Å². The third kappa shape index (κ3) is 3.24. The summed E-state index contributed by atoms with van der Waals surface area (Å²) in [6, 6.07) is 7.78. The molecule has 5 heteroatoms. The molecule has 0 saturated carbocycles. The molecule has 0 atom stereocenters. The fourth-order valence-corrected chi connectivity index (χ4v) is 1.97. The Bertz CT molecular complexity index is 426. The van der Waals surface area contributed by atoms with Gasteiger partial charge < -0.3 is 19.9 Å². The van der Waals surface area contributed by atoms with Crippen molar-refractivity contribution in [2.45, 2.75) is 13.5 Å². The summed E-state index contributed by atoms with van der Waals surface area (Å²) >= 11 is 0. The monoisotopic (exact) mass is 265 g/mol. The molecule has 2 rings (SSSR count). The van der Waals surface area contributed by atoms with Crippen LogP contribution in [0.15, 0.2) is 24.3 Å². The van der Waals surface area contributed by atoms with Crippen molar-refractivity contribution in [3.63, 3.8) is 0 Å². The van der Waals surface area contributed by atoms with Crippen LogP contribution < -0.4 is 10.1 Å². The van der Waals surface area contributed by atoms with Gasteiger partial charge in [0.1, 0.15) is 11.2 Å². The van der Waals surface area contributed by atoms with E-state index in [1.165, 1.54) is 0 Å². The fourth-order valence-electron chi connectivity index (χ4n) is 1.97. The molecule has 104 valence electrons. The number of benzene rings is 1. The lowest BCUT2D eigenvalue weighted by Crippen LogP contribution is -2.55. The minimum atomic E-state index is -0.794. The molecule has 0 radical (unpaired) electrons. The molecule has 0 aliphatic carbocycles. The van der Waals surface area contributed by atoms with Gasteiger partial charge in [-0.25, -0.2) is 0 Å². The van der Waals surface area contributed by atoms with Crippen LogP contribution in [0.25, 0.3) is 0 Å². The van der Waals surface area contributed by atoms with Crippen molar-refractivity contribution in [2.75, 3.05) is 26.4 Å². The first kappa shape index (κ1) is 13.8. The van der Waals surface area contributed by atoms with E-state index in [1.807, 2.05) is 31.2 Å². The molecule has 1 heterocycles. The summed E-state index contributed by atoms with van der Waals surface area (Å²) in [4.78, 5) is 11.1. The highest BCUT2D eigenvalue weighted by atomic mass is 16.5. The number of rotatable bonds is 7. The summed E-state index contributed by atoms with van der Waals surface area (Å²) < 4.78 is 10.4. The minimum Gasteiger partial charge on any atom is -0.494 e. The maximum Gasteiger partial charge on any atom is 0.315 e. The second-order valence-corrected chi connectivity index (χ2v) is 4.76. The quantitative estimate of drug-likeness (QED) is 0.777. The number of nitrogens with one attached hydrogen (secondary N) is 1. The van der Waals surface area contributed by atoms with Gasteiger partial charge >= 0.3 is 5.97 Å². The first-order valence-electron chi connectivity index (χ1n) is 6.40. The van der Waals surface area contributed by atoms with Crippen LogP contribution in [0.5, 0.6) is 5.75 Å². The molecule has 1 aliphatic heterocycles. The molecule has 1 aliphatic rings. The molecule has 0 spiro atoms. The minimum absolute atomic E-state index is 0.290. The van der Waals surface area contributed by atoms with E-state index in [0.717, 1.165) is 11.3 Å². The average molecular weight is 265 g/mol. The van der Waals surface area contributed by atoms with Crippen molar-refractivity contribution in [1.82, 2.24) is 5.32 Å². The summed E-state index contributed by atoms with van der Waals surface area (Å²) in [5, 5.41) is 12.3. The predicted molar refractivity (Wildman–Crippen MR) is 70.2 cm³/mol.